The predicted octanol–water partition coefficient (Wildman–Crippen LogP) is 6.21. The van der Waals surface area contributed by atoms with Crippen LogP contribution in [-0.2, 0) is 0 Å². The number of thioether (sulfide) groups is 1. The summed E-state index contributed by atoms with van der Waals surface area (Å²) in [6.07, 6.45) is 1.78. The van der Waals surface area contributed by atoms with Gasteiger partial charge in [-0.3, -0.25) is 0 Å². The normalized spacial score (nSPS) is 11.1. The highest BCUT2D eigenvalue weighted by molar-refractivity contribution is 7.99. The van der Waals surface area contributed by atoms with Crippen LogP contribution in [0.15, 0.2) is 40.7 Å². The molecule has 28 heavy (non-hydrogen) atoms. The summed E-state index contributed by atoms with van der Waals surface area (Å²) in [6, 6.07) is 13.5. The SMILES string of the molecule is CCSc1nc(C)c(-c2csc(C(C#N)=Cc3ccc(Cl)cc3)n2)cc1C#N. The highest BCUT2D eigenvalue weighted by atomic mass is 35.5. The quantitative estimate of drug-likeness (QED) is 0.360. The monoisotopic (exact) mass is 422 g/mol. The zero-order chi connectivity index (χ0) is 20.1. The zero-order valence-electron chi connectivity index (χ0n) is 15.2. The van der Waals surface area contributed by atoms with E-state index in [-0.39, 0.29) is 0 Å². The largest absolute Gasteiger partial charge is 0.245 e. The molecule has 0 unspecified atom stereocenters. The van der Waals surface area contributed by atoms with E-state index in [4.69, 9.17) is 11.6 Å². The minimum Gasteiger partial charge on any atom is -0.245 e. The first-order valence-corrected chi connectivity index (χ1v) is 10.7. The van der Waals surface area contributed by atoms with E-state index in [0.29, 0.717) is 26.9 Å². The molecular formula is C21H15ClN4S2. The number of hydrogen-bond acceptors (Lipinski definition) is 6. The van der Waals surface area contributed by atoms with Gasteiger partial charge in [0.25, 0.3) is 0 Å². The molecule has 0 fully saturated rings. The van der Waals surface area contributed by atoms with E-state index in [2.05, 4.69) is 22.1 Å². The zero-order valence-corrected chi connectivity index (χ0v) is 17.6. The van der Waals surface area contributed by atoms with E-state index in [0.717, 1.165) is 27.6 Å². The van der Waals surface area contributed by atoms with Crippen LogP contribution in [0.2, 0.25) is 5.02 Å². The molecule has 7 heteroatoms. The standard InChI is InChI=1S/C21H15ClN4S2/c1-3-27-20-16(11-24)9-18(13(2)25-20)19-12-28-21(26-19)15(10-23)8-14-4-6-17(22)7-5-14/h4-9,12H,3H2,1-2H3. The van der Waals surface area contributed by atoms with Crippen molar-refractivity contribution >= 4 is 46.3 Å². The second-order valence-corrected chi connectivity index (χ2v) is 8.33. The summed E-state index contributed by atoms with van der Waals surface area (Å²) < 4.78 is 0. The van der Waals surface area contributed by atoms with Crippen LogP contribution in [0.3, 0.4) is 0 Å². The lowest BCUT2D eigenvalue weighted by molar-refractivity contribution is 1.05. The summed E-state index contributed by atoms with van der Waals surface area (Å²) in [5.74, 6) is 0.850. The smallest absolute Gasteiger partial charge is 0.134 e. The molecule has 0 saturated heterocycles. The van der Waals surface area contributed by atoms with Crippen molar-refractivity contribution in [3.8, 4) is 23.4 Å². The Morgan fingerprint density at radius 1 is 1.25 bits per heavy atom. The van der Waals surface area contributed by atoms with Gasteiger partial charge in [0.2, 0.25) is 0 Å². The Morgan fingerprint density at radius 3 is 2.64 bits per heavy atom. The van der Waals surface area contributed by atoms with Gasteiger partial charge in [-0.25, -0.2) is 9.97 Å². The minimum absolute atomic E-state index is 0.475. The summed E-state index contributed by atoms with van der Waals surface area (Å²) in [7, 11) is 0. The van der Waals surface area contributed by atoms with Crippen molar-refractivity contribution in [1.29, 1.82) is 10.5 Å². The van der Waals surface area contributed by atoms with Gasteiger partial charge in [-0.15, -0.1) is 23.1 Å². The minimum atomic E-state index is 0.475. The molecule has 0 aliphatic rings. The molecule has 0 saturated carbocycles. The molecule has 4 nitrogen and oxygen atoms in total. The van der Waals surface area contributed by atoms with Gasteiger partial charge in [0.1, 0.15) is 22.2 Å². The summed E-state index contributed by atoms with van der Waals surface area (Å²) in [5.41, 5.74) is 4.23. The number of aryl methyl sites for hydroxylation is 1. The summed E-state index contributed by atoms with van der Waals surface area (Å²) in [6.45, 7) is 3.93. The first-order valence-electron chi connectivity index (χ1n) is 8.44. The number of thiazole rings is 1. The molecule has 0 atom stereocenters. The number of benzene rings is 1. The first-order chi connectivity index (χ1) is 13.5. The summed E-state index contributed by atoms with van der Waals surface area (Å²) >= 11 is 8.85. The van der Waals surface area contributed by atoms with Gasteiger partial charge in [0.05, 0.1) is 16.8 Å². The van der Waals surface area contributed by atoms with E-state index in [1.807, 2.05) is 37.4 Å². The number of aromatic nitrogens is 2. The van der Waals surface area contributed by atoms with E-state index in [9.17, 15) is 10.5 Å². The Hall–Kier alpha value is -2.64. The highest BCUT2D eigenvalue weighted by Gasteiger charge is 2.15. The van der Waals surface area contributed by atoms with Gasteiger partial charge < -0.3 is 0 Å². The topological polar surface area (TPSA) is 73.4 Å². The number of nitrogens with zero attached hydrogens (tertiary/aromatic N) is 4. The average molecular weight is 423 g/mol. The number of nitriles is 2. The van der Waals surface area contributed by atoms with Crippen LogP contribution in [0.4, 0.5) is 0 Å². The molecular weight excluding hydrogens is 408 g/mol. The molecule has 0 radical (unpaired) electrons. The van der Waals surface area contributed by atoms with Crippen LogP contribution < -0.4 is 0 Å². The van der Waals surface area contributed by atoms with Crippen LogP contribution in [0, 0.1) is 29.6 Å². The van der Waals surface area contributed by atoms with Crippen LogP contribution in [-0.4, -0.2) is 15.7 Å². The van der Waals surface area contributed by atoms with Crippen LogP contribution in [0.1, 0.15) is 28.8 Å². The van der Waals surface area contributed by atoms with Gasteiger partial charge >= 0.3 is 0 Å². The number of halogens is 1. The average Bonchev–Trinajstić information content (AvgIpc) is 3.17. The Labute approximate surface area is 177 Å². The maximum atomic E-state index is 9.57. The maximum Gasteiger partial charge on any atom is 0.134 e. The molecule has 138 valence electrons. The summed E-state index contributed by atoms with van der Waals surface area (Å²) in [5, 5.41) is 22.9. The van der Waals surface area contributed by atoms with Crippen molar-refractivity contribution in [2.24, 2.45) is 0 Å². The Bertz CT molecular complexity index is 1120. The third kappa shape index (κ3) is 4.43. The molecule has 0 amide bonds. The molecule has 0 bridgehead atoms. The summed E-state index contributed by atoms with van der Waals surface area (Å²) in [4.78, 5) is 9.20. The van der Waals surface area contributed by atoms with Gasteiger partial charge in [-0.2, -0.15) is 10.5 Å². The van der Waals surface area contributed by atoms with E-state index in [1.165, 1.54) is 11.3 Å². The number of rotatable bonds is 5. The second kappa shape index (κ2) is 9.03. The van der Waals surface area contributed by atoms with Crippen molar-refractivity contribution < 1.29 is 0 Å². The Balaban J connectivity index is 1.99. The molecule has 1 aromatic carbocycles. The third-order valence-corrected chi connectivity index (χ3v) is 5.89. The van der Waals surface area contributed by atoms with E-state index >= 15 is 0 Å². The molecule has 0 spiro atoms. The lowest BCUT2D eigenvalue weighted by Crippen LogP contribution is -1.95. The fraction of sp³-hybridized carbons (Fsp3) is 0.143. The molecule has 2 aromatic heterocycles. The van der Waals surface area contributed by atoms with Gasteiger partial charge in [0.15, 0.2) is 0 Å². The fourth-order valence-corrected chi connectivity index (χ4v) is 4.20. The van der Waals surface area contributed by atoms with Crippen molar-refractivity contribution in [3.05, 3.63) is 62.6 Å². The number of pyridine rings is 1. The lowest BCUT2D eigenvalue weighted by Gasteiger charge is -2.07. The van der Waals surface area contributed by atoms with Gasteiger partial charge in [0, 0.05) is 21.7 Å². The van der Waals surface area contributed by atoms with Gasteiger partial charge in [-0.05, 0) is 42.5 Å². The number of hydrogen-bond donors (Lipinski definition) is 0. The molecule has 0 aliphatic carbocycles. The maximum absolute atomic E-state index is 9.57. The molecule has 3 rings (SSSR count). The van der Waals surface area contributed by atoms with E-state index < -0.39 is 0 Å². The van der Waals surface area contributed by atoms with Crippen molar-refractivity contribution in [2.45, 2.75) is 18.9 Å². The Kier molecular flexibility index (Phi) is 6.49. The molecule has 0 aliphatic heterocycles. The third-order valence-electron chi connectivity index (χ3n) is 3.89. The molecule has 0 N–H and O–H groups in total. The van der Waals surface area contributed by atoms with Crippen molar-refractivity contribution in [3.63, 3.8) is 0 Å². The highest BCUT2D eigenvalue weighted by Crippen LogP contribution is 2.31. The van der Waals surface area contributed by atoms with E-state index in [1.54, 1.807) is 30.0 Å². The van der Waals surface area contributed by atoms with Crippen molar-refractivity contribution in [2.75, 3.05) is 5.75 Å². The van der Waals surface area contributed by atoms with Gasteiger partial charge in [-0.1, -0.05) is 30.7 Å². The fourth-order valence-electron chi connectivity index (χ4n) is 2.56. The predicted molar refractivity (Wildman–Crippen MR) is 116 cm³/mol. The number of allylic oxidation sites excluding steroid dienone is 1. The lowest BCUT2D eigenvalue weighted by atomic mass is 10.1. The van der Waals surface area contributed by atoms with Crippen LogP contribution in [0.25, 0.3) is 22.9 Å². The first kappa shape index (κ1) is 20.1. The van der Waals surface area contributed by atoms with Crippen LogP contribution in [0.5, 0.6) is 0 Å². The Morgan fingerprint density at radius 2 is 2.00 bits per heavy atom. The molecule has 3 aromatic rings. The molecule has 2 heterocycles. The second-order valence-electron chi connectivity index (χ2n) is 5.78. The van der Waals surface area contributed by atoms with Crippen LogP contribution >= 0.6 is 34.7 Å². The van der Waals surface area contributed by atoms with Crippen molar-refractivity contribution in [1.82, 2.24) is 9.97 Å².